The average Bonchev–Trinajstić information content (AvgIpc) is 2.82. The summed E-state index contributed by atoms with van der Waals surface area (Å²) in [6.45, 7) is 3.97. The van der Waals surface area contributed by atoms with E-state index in [1.54, 1.807) is 7.11 Å². The van der Waals surface area contributed by atoms with E-state index in [0.717, 1.165) is 12.8 Å². The molecule has 8 heteroatoms. The molecule has 32 heavy (non-hydrogen) atoms. The summed E-state index contributed by atoms with van der Waals surface area (Å²) in [5, 5.41) is 11.3. The van der Waals surface area contributed by atoms with Gasteiger partial charge in [0.2, 0.25) is 0 Å². The second-order valence-electron chi connectivity index (χ2n) is 10.7. The van der Waals surface area contributed by atoms with Crippen LogP contribution in [0.4, 0.5) is 13.2 Å². The number of hydrogen-bond donors (Lipinski definition) is 1. The molecule has 2 aliphatic carbocycles. The first-order chi connectivity index (χ1) is 15.0. The van der Waals surface area contributed by atoms with E-state index in [1.165, 1.54) is 0 Å². The van der Waals surface area contributed by atoms with Crippen LogP contribution >= 0.6 is 0 Å². The molecule has 2 saturated carbocycles. The normalized spacial score (nSPS) is 42.8. The monoisotopic (exact) mass is 482 g/mol. The van der Waals surface area contributed by atoms with E-state index >= 15 is 0 Å². The summed E-state index contributed by atoms with van der Waals surface area (Å²) >= 11 is 0. The summed E-state index contributed by atoms with van der Waals surface area (Å²) in [5.74, 6) is -2.50. The number of unbranched alkanes of at least 4 members (excludes halogenated alkanes) is 1. The quantitative estimate of drug-likeness (QED) is 0.541. The molecule has 8 atom stereocenters. The van der Waals surface area contributed by atoms with Crippen molar-refractivity contribution >= 4 is 9.84 Å². The molecule has 1 aliphatic heterocycles. The van der Waals surface area contributed by atoms with Gasteiger partial charge >= 0.3 is 6.18 Å². The first kappa shape index (κ1) is 26.3. The molecule has 188 valence electrons. The zero-order valence-electron chi connectivity index (χ0n) is 19.7. The summed E-state index contributed by atoms with van der Waals surface area (Å²) in [6.07, 6.45) is 0.402. The van der Waals surface area contributed by atoms with Crippen molar-refractivity contribution < 1.29 is 31.4 Å². The second-order valence-corrected chi connectivity index (χ2v) is 12.9. The van der Waals surface area contributed by atoms with Gasteiger partial charge in [-0.15, -0.1) is 0 Å². The van der Waals surface area contributed by atoms with Gasteiger partial charge in [-0.2, -0.15) is 13.2 Å². The van der Waals surface area contributed by atoms with Gasteiger partial charge in [-0.1, -0.05) is 39.5 Å². The molecule has 0 aromatic carbocycles. The predicted octanol–water partition coefficient (Wildman–Crippen LogP) is 5.53. The van der Waals surface area contributed by atoms with Crippen molar-refractivity contribution in [2.45, 2.75) is 108 Å². The molecule has 0 aromatic heterocycles. The molecule has 1 heterocycles. The average molecular weight is 483 g/mol. The van der Waals surface area contributed by atoms with E-state index < -0.39 is 44.6 Å². The fraction of sp³-hybridized carbons (Fsp3) is 1.00. The van der Waals surface area contributed by atoms with Crippen LogP contribution in [0.5, 0.6) is 0 Å². The summed E-state index contributed by atoms with van der Waals surface area (Å²) < 4.78 is 73.8. The highest BCUT2D eigenvalue weighted by molar-refractivity contribution is 7.92. The number of methoxy groups -OCH3 is 1. The van der Waals surface area contributed by atoms with Crippen molar-refractivity contribution in [2.24, 2.45) is 29.1 Å². The molecule has 4 nitrogen and oxygen atoms in total. The number of aliphatic hydroxyl groups is 1. The van der Waals surface area contributed by atoms with Gasteiger partial charge in [0.05, 0.1) is 29.1 Å². The Labute approximate surface area is 191 Å². The van der Waals surface area contributed by atoms with Gasteiger partial charge in [0.25, 0.3) is 0 Å². The molecule has 3 fully saturated rings. The first-order valence-corrected chi connectivity index (χ1v) is 14.2. The maximum absolute atomic E-state index is 13.6. The minimum Gasteiger partial charge on any atom is -0.392 e. The number of sulfone groups is 1. The first-order valence-electron chi connectivity index (χ1n) is 12.5. The van der Waals surface area contributed by atoms with E-state index in [4.69, 9.17) is 4.74 Å². The largest absolute Gasteiger partial charge is 0.392 e. The van der Waals surface area contributed by atoms with Crippen LogP contribution < -0.4 is 0 Å². The second kappa shape index (κ2) is 10.1. The molecule has 1 saturated heterocycles. The zero-order valence-corrected chi connectivity index (χ0v) is 20.6. The molecule has 5 unspecified atom stereocenters. The Morgan fingerprint density at radius 3 is 2.41 bits per heavy atom. The van der Waals surface area contributed by atoms with E-state index in [-0.39, 0.29) is 36.5 Å². The van der Waals surface area contributed by atoms with Crippen molar-refractivity contribution in [1.29, 1.82) is 0 Å². The number of ether oxygens (including phenoxy) is 1. The molecule has 0 amide bonds. The van der Waals surface area contributed by atoms with Crippen LogP contribution in [0.2, 0.25) is 0 Å². The Bertz CT molecular complexity index is 725. The van der Waals surface area contributed by atoms with Gasteiger partial charge in [0, 0.05) is 12.5 Å². The topological polar surface area (TPSA) is 63.6 Å². The molecular weight excluding hydrogens is 441 g/mol. The van der Waals surface area contributed by atoms with Gasteiger partial charge in [-0.05, 0) is 62.7 Å². The van der Waals surface area contributed by atoms with Gasteiger partial charge in [0.15, 0.2) is 9.84 Å². The summed E-state index contributed by atoms with van der Waals surface area (Å²) in [5.41, 5.74) is -0.787. The Hall–Kier alpha value is -0.340. The number of rotatable bonds is 6. The molecule has 3 aliphatic rings. The van der Waals surface area contributed by atoms with E-state index in [0.29, 0.717) is 44.9 Å². The van der Waals surface area contributed by atoms with Crippen molar-refractivity contribution in [3.05, 3.63) is 0 Å². The van der Waals surface area contributed by atoms with Gasteiger partial charge in [-0.25, -0.2) is 8.42 Å². The number of aliphatic hydroxyl groups excluding tert-OH is 1. The smallest absolute Gasteiger partial charge is 0.391 e. The van der Waals surface area contributed by atoms with Gasteiger partial charge in [0.1, 0.15) is 0 Å². The fourth-order valence-corrected chi connectivity index (χ4v) is 10.0. The number of fused-ring (bicyclic) bond motifs is 1. The lowest BCUT2D eigenvalue weighted by atomic mass is 9.60. The number of hydrogen-bond acceptors (Lipinski definition) is 4. The van der Waals surface area contributed by atoms with Crippen LogP contribution in [-0.2, 0) is 14.6 Å². The highest BCUT2D eigenvalue weighted by Gasteiger charge is 2.57. The molecular formula is C24H41F3O4S. The van der Waals surface area contributed by atoms with Crippen LogP contribution in [0.25, 0.3) is 0 Å². The molecule has 0 radical (unpaired) electrons. The Morgan fingerprint density at radius 1 is 1.09 bits per heavy atom. The molecule has 0 bridgehead atoms. The summed E-state index contributed by atoms with van der Waals surface area (Å²) in [7, 11) is -1.88. The summed E-state index contributed by atoms with van der Waals surface area (Å²) in [4.78, 5) is 0. The predicted molar refractivity (Wildman–Crippen MR) is 119 cm³/mol. The maximum atomic E-state index is 13.6. The van der Waals surface area contributed by atoms with Crippen LogP contribution in [0.15, 0.2) is 0 Å². The lowest BCUT2D eigenvalue weighted by Crippen LogP contribution is -2.49. The van der Waals surface area contributed by atoms with Crippen LogP contribution in [-0.4, -0.2) is 50.0 Å². The van der Waals surface area contributed by atoms with Gasteiger partial charge < -0.3 is 9.84 Å². The highest BCUT2D eigenvalue weighted by atomic mass is 32.2. The van der Waals surface area contributed by atoms with E-state index in [2.05, 4.69) is 0 Å². The SMILES string of the molecule is CCCC[C@]1(CC)CS(=O)(=O)C2CCC(OC)CC2[C@@H](C2CCCC(C(F)(F)F)C2)[C@H]1O. The lowest BCUT2D eigenvalue weighted by molar-refractivity contribution is -0.191. The minimum absolute atomic E-state index is 0.000283. The number of alkyl halides is 3. The van der Waals surface area contributed by atoms with E-state index in [9.17, 15) is 26.7 Å². The van der Waals surface area contributed by atoms with Gasteiger partial charge in [-0.3, -0.25) is 0 Å². The van der Waals surface area contributed by atoms with Crippen molar-refractivity contribution in [2.75, 3.05) is 12.9 Å². The Balaban J connectivity index is 2.06. The zero-order chi connectivity index (χ0) is 23.7. The molecule has 0 spiro atoms. The van der Waals surface area contributed by atoms with Crippen LogP contribution in [0.1, 0.15) is 84.5 Å². The maximum Gasteiger partial charge on any atom is 0.391 e. The fourth-order valence-electron chi connectivity index (χ4n) is 7.16. The lowest BCUT2D eigenvalue weighted by Gasteiger charge is -2.47. The third-order valence-corrected chi connectivity index (χ3v) is 11.5. The van der Waals surface area contributed by atoms with Crippen molar-refractivity contribution in [1.82, 2.24) is 0 Å². The molecule has 3 rings (SSSR count). The van der Waals surface area contributed by atoms with Crippen molar-refractivity contribution in [3.8, 4) is 0 Å². The highest BCUT2D eigenvalue weighted by Crippen LogP contribution is 2.54. The van der Waals surface area contributed by atoms with Crippen molar-refractivity contribution in [3.63, 3.8) is 0 Å². The van der Waals surface area contributed by atoms with Crippen LogP contribution in [0.3, 0.4) is 0 Å². The van der Waals surface area contributed by atoms with E-state index in [1.807, 2.05) is 13.8 Å². The summed E-state index contributed by atoms with van der Waals surface area (Å²) in [6, 6.07) is 0. The molecule has 1 N–H and O–H groups in total. The molecule has 0 aromatic rings. The minimum atomic E-state index is -4.24. The standard InChI is InChI=1S/C24H41F3O4S/c1-4-6-12-23(5-2)15-32(29,30)20-11-10-18(31-3)14-19(20)21(22(23)28)16-8-7-9-17(13-16)24(25,26)27/h16-22,28H,4-15H2,1-3H3/t16?,17?,18?,19?,20?,21-,22-,23-/m1/s1. The number of halogens is 3. The third kappa shape index (κ3) is 5.17. The third-order valence-electron chi connectivity index (χ3n) is 9.01. The Morgan fingerprint density at radius 2 is 1.81 bits per heavy atom. The Kier molecular flexibility index (Phi) is 8.30. The van der Waals surface area contributed by atoms with Crippen LogP contribution in [0, 0.1) is 29.1 Å².